The molecular formula is C56H43F5P2Pt. The van der Waals surface area contributed by atoms with Crippen LogP contribution < -0.4 is 31.8 Å². The van der Waals surface area contributed by atoms with E-state index < -0.39 is 44.9 Å². The van der Waals surface area contributed by atoms with E-state index in [0.717, 1.165) is 6.07 Å². The van der Waals surface area contributed by atoms with Crippen molar-refractivity contribution in [2.75, 3.05) is 0 Å². The molecule has 64 heavy (non-hydrogen) atoms. The Morgan fingerprint density at radius 1 is 0.375 bits per heavy atom. The Hall–Kier alpha value is -6.02. The van der Waals surface area contributed by atoms with Gasteiger partial charge < -0.3 is 6.42 Å². The number of terminal acetylenes is 1. The molecule has 0 fully saturated rings. The second-order valence-corrected chi connectivity index (χ2v) is 18.6. The summed E-state index contributed by atoms with van der Waals surface area (Å²) in [5.74, 6) is 2.91. The molecule has 0 saturated heterocycles. The number of rotatable bonds is 6. The number of halogens is 5. The molecule has 0 unspecified atom stereocenters. The van der Waals surface area contributed by atoms with Gasteiger partial charge in [0.2, 0.25) is 0 Å². The SMILES string of the molecule is Cc1ccc(P(c2ccc(C)cc2)c2ccc(C)cc2)cc1.Cc1ccc(P(c2ccc(C)cc2)c2ccc(C)cc2)cc1.Fc1[c-]c(F)c(F)c(F)c1F.[C-]#CC#CC#CC#C.[Pt+2]. The van der Waals surface area contributed by atoms with Crippen LogP contribution in [0, 0.1) is 125 Å². The quantitative estimate of drug-likeness (QED) is 0.0389. The van der Waals surface area contributed by atoms with E-state index in [-0.39, 0.29) is 21.1 Å². The van der Waals surface area contributed by atoms with E-state index in [1.54, 1.807) is 0 Å². The monoisotopic (exact) mass is 1070 g/mol. The summed E-state index contributed by atoms with van der Waals surface area (Å²) >= 11 is 0. The van der Waals surface area contributed by atoms with Gasteiger partial charge in [-0.2, -0.15) is 0 Å². The predicted octanol–water partition coefficient (Wildman–Crippen LogP) is 11.1. The molecule has 0 heterocycles. The van der Waals surface area contributed by atoms with Crippen molar-refractivity contribution in [3.05, 3.63) is 221 Å². The van der Waals surface area contributed by atoms with E-state index in [1.807, 2.05) is 5.92 Å². The van der Waals surface area contributed by atoms with Crippen molar-refractivity contribution >= 4 is 47.7 Å². The Labute approximate surface area is 392 Å². The molecule has 322 valence electrons. The first kappa shape index (κ1) is 52.3. The number of benzene rings is 7. The Morgan fingerprint density at radius 2 is 0.594 bits per heavy atom. The van der Waals surface area contributed by atoms with Gasteiger partial charge in [-0.3, -0.25) is 14.7 Å². The summed E-state index contributed by atoms with van der Waals surface area (Å²) in [4.78, 5) is 0. The van der Waals surface area contributed by atoms with E-state index in [1.165, 1.54) is 65.2 Å². The van der Waals surface area contributed by atoms with Crippen LogP contribution in [-0.4, -0.2) is 0 Å². The summed E-state index contributed by atoms with van der Waals surface area (Å²) < 4.78 is 59.9. The van der Waals surface area contributed by atoms with Crippen LogP contribution in [0.4, 0.5) is 22.0 Å². The summed E-state index contributed by atoms with van der Waals surface area (Å²) in [6.45, 7) is 12.9. The fraction of sp³-hybridized carbons (Fsp3) is 0.107. The molecule has 0 bridgehead atoms. The summed E-state index contributed by atoms with van der Waals surface area (Å²) in [6.07, 6.45) is 11.0. The average Bonchev–Trinajstić information content (AvgIpc) is 3.28. The zero-order valence-corrected chi connectivity index (χ0v) is 40.1. The van der Waals surface area contributed by atoms with Gasteiger partial charge in [-0.15, -0.1) is 18.4 Å². The van der Waals surface area contributed by atoms with Crippen molar-refractivity contribution < 1.29 is 43.0 Å². The fourth-order valence-electron chi connectivity index (χ4n) is 5.68. The Balaban J connectivity index is 0.000000243. The molecule has 0 atom stereocenters. The van der Waals surface area contributed by atoms with Crippen LogP contribution in [-0.2, 0) is 21.1 Å². The Kier molecular flexibility index (Phi) is 21.7. The van der Waals surface area contributed by atoms with Gasteiger partial charge in [-0.25, -0.2) is 19.1 Å². The maximum atomic E-state index is 12.0. The van der Waals surface area contributed by atoms with Gasteiger partial charge in [0, 0.05) is 0 Å². The molecule has 0 aliphatic carbocycles. The molecule has 7 aromatic carbocycles. The van der Waals surface area contributed by atoms with Crippen molar-refractivity contribution in [3.63, 3.8) is 0 Å². The summed E-state index contributed by atoms with van der Waals surface area (Å²) in [7, 11) is -0.966. The molecule has 0 amide bonds. The second kappa shape index (κ2) is 26.6. The second-order valence-electron chi connectivity index (χ2n) is 14.1. The van der Waals surface area contributed by atoms with Gasteiger partial charge in [0.05, 0.1) is 29.1 Å². The minimum absolute atomic E-state index is 0. The zero-order valence-electron chi connectivity index (χ0n) is 36.0. The third kappa shape index (κ3) is 16.0. The normalized spacial score (nSPS) is 9.67. The summed E-state index contributed by atoms with van der Waals surface area (Å²) in [5, 5.41) is 8.46. The van der Waals surface area contributed by atoms with Gasteiger partial charge in [-0.1, -0.05) is 179 Å². The molecule has 0 saturated carbocycles. The smallest absolute Gasteiger partial charge is 0.358 e. The van der Waals surface area contributed by atoms with Crippen molar-refractivity contribution in [3.8, 4) is 41.9 Å². The molecule has 7 rings (SSSR count). The standard InChI is InChI=1S/2C21H21P.C8H.C6F5.Pt/c2*1-16-4-10-19(11-5-16)22(20-12-6-17(2)7-13-20)21-14-8-18(3)9-15-21;1-3-5-7-8-6-4-2;7-2-1-3(8)5(10)6(11)4(2)9;/h2*4-15H,1-3H3;1H;;/q;;2*-1;+2. The maximum absolute atomic E-state index is 12.0. The minimum atomic E-state index is -2.17. The van der Waals surface area contributed by atoms with Gasteiger partial charge in [-0.05, 0) is 107 Å². The van der Waals surface area contributed by atoms with Crippen LogP contribution in [0.25, 0.3) is 0 Å². The molecule has 0 radical (unpaired) electrons. The van der Waals surface area contributed by atoms with E-state index in [4.69, 9.17) is 12.8 Å². The largest absolute Gasteiger partial charge is 2.00 e. The average molecular weight is 1070 g/mol. The molecular weight excluding hydrogens is 1020 g/mol. The Bertz CT molecular complexity index is 2370. The van der Waals surface area contributed by atoms with Crippen LogP contribution in [0.2, 0.25) is 0 Å². The third-order valence-electron chi connectivity index (χ3n) is 9.07. The summed E-state index contributed by atoms with van der Waals surface area (Å²) in [6, 6.07) is 55.0. The number of hydrogen-bond donors (Lipinski definition) is 0. The van der Waals surface area contributed by atoms with E-state index in [2.05, 4.69) is 217 Å². The van der Waals surface area contributed by atoms with Gasteiger partial charge in [0.15, 0.2) is 0 Å². The number of hydrogen-bond acceptors (Lipinski definition) is 0. The minimum Gasteiger partial charge on any atom is -0.358 e. The summed E-state index contributed by atoms with van der Waals surface area (Å²) in [5.41, 5.74) is 7.87. The van der Waals surface area contributed by atoms with Crippen molar-refractivity contribution in [1.29, 1.82) is 0 Å². The first-order valence-corrected chi connectivity index (χ1v) is 22.2. The first-order valence-electron chi connectivity index (χ1n) is 19.5. The third-order valence-corrected chi connectivity index (χ3v) is 14.0. The molecule has 0 aromatic heterocycles. The van der Waals surface area contributed by atoms with Gasteiger partial charge in [0.1, 0.15) is 0 Å². The molecule has 0 N–H and O–H groups in total. The molecule has 7 aromatic rings. The first-order chi connectivity index (χ1) is 30.2. The molecule has 0 aliphatic rings. The van der Waals surface area contributed by atoms with E-state index in [9.17, 15) is 22.0 Å². The van der Waals surface area contributed by atoms with E-state index in [0.29, 0.717) is 0 Å². The van der Waals surface area contributed by atoms with Crippen LogP contribution in [0.1, 0.15) is 33.4 Å². The number of aryl methyl sites for hydroxylation is 6. The molecule has 0 aliphatic heterocycles. The van der Waals surface area contributed by atoms with Crippen LogP contribution in [0.15, 0.2) is 146 Å². The topological polar surface area (TPSA) is 0 Å². The Morgan fingerprint density at radius 3 is 0.797 bits per heavy atom. The van der Waals surface area contributed by atoms with Crippen LogP contribution >= 0.6 is 15.8 Å². The van der Waals surface area contributed by atoms with Crippen molar-refractivity contribution in [1.82, 2.24) is 0 Å². The fourth-order valence-corrected chi connectivity index (χ4v) is 10.2. The maximum Gasteiger partial charge on any atom is 2.00 e. The van der Waals surface area contributed by atoms with Crippen molar-refractivity contribution in [2.24, 2.45) is 0 Å². The van der Waals surface area contributed by atoms with E-state index >= 15 is 0 Å². The predicted molar refractivity (Wildman–Crippen MR) is 255 cm³/mol. The van der Waals surface area contributed by atoms with Gasteiger partial charge in [0.25, 0.3) is 0 Å². The van der Waals surface area contributed by atoms with Crippen molar-refractivity contribution in [2.45, 2.75) is 41.5 Å². The zero-order chi connectivity index (χ0) is 45.9. The van der Waals surface area contributed by atoms with Crippen LogP contribution in [0.5, 0.6) is 0 Å². The molecule has 0 nitrogen and oxygen atoms in total. The molecule has 0 spiro atoms. The van der Waals surface area contributed by atoms with Crippen LogP contribution in [0.3, 0.4) is 0 Å². The van der Waals surface area contributed by atoms with Gasteiger partial charge >= 0.3 is 21.1 Å². The molecule has 8 heteroatoms.